The van der Waals surface area contributed by atoms with Gasteiger partial charge in [0, 0.05) is 39.3 Å². The SMILES string of the molecule is CCN(C(=O)c1cc(Cl)c(Cl)n1C)C1CCN(CCO)C1. The van der Waals surface area contributed by atoms with E-state index in [1.807, 2.05) is 11.8 Å². The zero-order chi connectivity index (χ0) is 15.6. The van der Waals surface area contributed by atoms with Crippen molar-refractivity contribution in [1.82, 2.24) is 14.4 Å². The Kier molecular flexibility index (Phi) is 5.54. The molecule has 1 unspecified atom stereocenters. The van der Waals surface area contributed by atoms with E-state index >= 15 is 0 Å². The van der Waals surface area contributed by atoms with E-state index < -0.39 is 0 Å². The van der Waals surface area contributed by atoms with Gasteiger partial charge in [0.25, 0.3) is 5.91 Å². The number of rotatable bonds is 5. The number of aromatic nitrogens is 1. The molecule has 0 saturated carbocycles. The molecule has 1 aliphatic heterocycles. The summed E-state index contributed by atoms with van der Waals surface area (Å²) < 4.78 is 1.62. The van der Waals surface area contributed by atoms with Crippen LogP contribution in [0.3, 0.4) is 0 Å². The molecule has 0 spiro atoms. The molecular weight excluding hydrogens is 313 g/mol. The molecule has 0 aromatic carbocycles. The first-order chi connectivity index (χ1) is 9.99. The zero-order valence-corrected chi connectivity index (χ0v) is 13.9. The number of likely N-dealkylation sites (N-methyl/N-ethyl adjacent to an activating group) is 1. The number of aliphatic hydroxyl groups excluding tert-OH is 1. The largest absolute Gasteiger partial charge is 0.395 e. The molecule has 5 nitrogen and oxygen atoms in total. The van der Waals surface area contributed by atoms with E-state index in [0.29, 0.717) is 29.0 Å². The van der Waals surface area contributed by atoms with E-state index in [4.69, 9.17) is 28.3 Å². The second-order valence-electron chi connectivity index (χ2n) is 5.29. The Morgan fingerprint density at radius 2 is 2.24 bits per heavy atom. The lowest BCUT2D eigenvalue weighted by molar-refractivity contribution is 0.0682. The van der Waals surface area contributed by atoms with Crippen molar-refractivity contribution in [1.29, 1.82) is 0 Å². The van der Waals surface area contributed by atoms with Crippen molar-refractivity contribution in [3.8, 4) is 0 Å². The molecule has 21 heavy (non-hydrogen) atoms. The Balaban J connectivity index is 2.14. The lowest BCUT2D eigenvalue weighted by Gasteiger charge is -2.28. The molecule has 1 aromatic heterocycles. The summed E-state index contributed by atoms with van der Waals surface area (Å²) >= 11 is 12.0. The molecule has 2 rings (SSSR count). The van der Waals surface area contributed by atoms with Crippen molar-refractivity contribution in [2.45, 2.75) is 19.4 Å². The van der Waals surface area contributed by atoms with Gasteiger partial charge in [0.05, 0.1) is 11.6 Å². The molecule has 2 heterocycles. The minimum absolute atomic E-state index is 0.0513. The summed E-state index contributed by atoms with van der Waals surface area (Å²) in [7, 11) is 1.74. The molecule has 0 bridgehead atoms. The summed E-state index contributed by atoms with van der Waals surface area (Å²) in [5, 5.41) is 9.79. The van der Waals surface area contributed by atoms with Gasteiger partial charge in [-0.2, -0.15) is 0 Å². The number of likely N-dealkylation sites (tertiary alicyclic amines) is 1. The van der Waals surface area contributed by atoms with Gasteiger partial charge in [-0.15, -0.1) is 0 Å². The number of amides is 1. The third kappa shape index (κ3) is 3.37. The number of nitrogens with zero attached hydrogens (tertiary/aromatic N) is 3. The van der Waals surface area contributed by atoms with Crippen molar-refractivity contribution in [2.24, 2.45) is 7.05 Å². The van der Waals surface area contributed by atoms with Gasteiger partial charge in [-0.1, -0.05) is 23.2 Å². The number of β-amino-alcohol motifs (C(OH)–C–C–N with tert-alkyl or cyclic N) is 1. The molecule has 0 aliphatic carbocycles. The lowest BCUT2D eigenvalue weighted by atomic mass is 10.2. The predicted octanol–water partition coefficient (Wildman–Crippen LogP) is 1.86. The molecule has 1 N–H and O–H groups in total. The van der Waals surface area contributed by atoms with Crippen LogP contribution in [-0.4, -0.2) is 64.2 Å². The highest BCUT2D eigenvalue weighted by Gasteiger charge is 2.31. The average molecular weight is 334 g/mol. The zero-order valence-electron chi connectivity index (χ0n) is 12.4. The molecule has 1 atom stereocenters. The second kappa shape index (κ2) is 7.01. The fourth-order valence-corrected chi connectivity index (χ4v) is 3.25. The molecule has 0 radical (unpaired) electrons. The van der Waals surface area contributed by atoms with Crippen molar-refractivity contribution < 1.29 is 9.90 Å². The summed E-state index contributed by atoms with van der Waals surface area (Å²) in [4.78, 5) is 16.8. The predicted molar refractivity (Wildman–Crippen MR) is 84.1 cm³/mol. The average Bonchev–Trinajstić information content (AvgIpc) is 3.01. The van der Waals surface area contributed by atoms with E-state index in [-0.39, 0.29) is 18.6 Å². The van der Waals surface area contributed by atoms with Gasteiger partial charge in [-0.3, -0.25) is 9.69 Å². The summed E-state index contributed by atoms with van der Waals surface area (Å²) in [6, 6.07) is 1.79. The number of halogens is 2. The summed E-state index contributed by atoms with van der Waals surface area (Å²) in [5.41, 5.74) is 0.507. The smallest absolute Gasteiger partial charge is 0.270 e. The van der Waals surface area contributed by atoms with E-state index in [0.717, 1.165) is 19.5 Å². The molecule has 1 aromatic rings. The molecule has 1 saturated heterocycles. The number of aliphatic hydroxyl groups is 1. The van der Waals surface area contributed by atoms with E-state index in [2.05, 4.69) is 4.90 Å². The van der Waals surface area contributed by atoms with Crippen molar-refractivity contribution in [2.75, 3.05) is 32.8 Å². The van der Waals surface area contributed by atoms with Crippen molar-refractivity contribution in [3.63, 3.8) is 0 Å². The van der Waals surface area contributed by atoms with E-state index in [1.54, 1.807) is 17.7 Å². The topological polar surface area (TPSA) is 48.7 Å². The normalized spacial score (nSPS) is 19.2. The Hall–Kier alpha value is -0.750. The van der Waals surface area contributed by atoms with Gasteiger partial charge in [-0.25, -0.2) is 0 Å². The number of hydrogen-bond acceptors (Lipinski definition) is 3. The molecule has 1 amide bonds. The standard InChI is InChI=1S/C14H21Cl2N3O2/c1-3-19(10-4-5-18(9-10)6-7-20)14(21)12-8-11(15)13(16)17(12)2/h8,10,20H,3-7,9H2,1-2H3. The highest BCUT2D eigenvalue weighted by molar-refractivity contribution is 6.41. The molecule has 1 aliphatic rings. The van der Waals surface area contributed by atoms with E-state index in [1.165, 1.54) is 0 Å². The Morgan fingerprint density at radius 3 is 2.76 bits per heavy atom. The highest BCUT2D eigenvalue weighted by Crippen LogP contribution is 2.27. The molecule has 118 valence electrons. The second-order valence-corrected chi connectivity index (χ2v) is 6.05. The van der Waals surface area contributed by atoms with Crippen LogP contribution in [0, 0.1) is 0 Å². The van der Waals surface area contributed by atoms with Gasteiger partial charge >= 0.3 is 0 Å². The number of carbonyl (C=O) groups is 1. The highest BCUT2D eigenvalue weighted by atomic mass is 35.5. The molecular formula is C14H21Cl2N3O2. The third-order valence-electron chi connectivity index (χ3n) is 4.04. The summed E-state index contributed by atoms with van der Waals surface area (Å²) in [6.07, 6.45) is 0.922. The van der Waals surface area contributed by atoms with E-state index in [9.17, 15) is 4.79 Å². The first-order valence-corrected chi connectivity index (χ1v) is 7.90. The Bertz CT molecular complexity index is 519. The van der Waals surface area contributed by atoms with Gasteiger partial charge in [0.1, 0.15) is 10.8 Å². The number of carbonyl (C=O) groups excluding carboxylic acids is 1. The lowest BCUT2D eigenvalue weighted by Crippen LogP contribution is -2.42. The summed E-state index contributed by atoms with van der Waals surface area (Å²) in [5.74, 6) is -0.0513. The van der Waals surface area contributed by atoms with Gasteiger partial charge in [-0.05, 0) is 19.4 Å². The monoisotopic (exact) mass is 333 g/mol. The first-order valence-electron chi connectivity index (χ1n) is 7.14. The van der Waals surface area contributed by atoms with Crippen LogP contribution in [0.1, 0.15) is 23.8 Å². The maximum absolute atomic E-state index is 12.7. The van der Waals surface area contributed by atoms with Crippen LogP contribution in [0.2, 0.25) is 10.2 Å². The fourth-order valence-electron chi connectivity index (χ4n) is 2.87. The first kappa shape index (κ1) is 16.6. The third-order valence-corrected chi connectivity index (χ3v) is 4.88. The molecule has 1 fully saturated rings. The van der Waals surface area contributed by atoms with Gasteiger partial charge in [0.2, 0.25) is 0 Å². The minimum Gasteiger partial charge on any atom is -0.395 e. The van der Waals surface area contributed by atoms with Crippen molar-refractivity contribution >= 4 is 29.1 Å². The fraction of sp³-hybridized carbons (Fsp3) is 0.643. The number of hydrogen-bond donors (Lipinski definition) is 1. The van der Waals surface area contributed by atoms with Crippen LogP contribution in [0.5, 0.6) is 0 Å². The maximum Gasteiger partial charge on any atom is 0.270 e. The quantitative estimate of drug-likeness (QED) is 0.894. The minimum atomic E-state index is -0.0513. The van der Waals surface area contributed by atoms with Crippen LogP contribution in [0.25, 0.3) is 0 Å². The van der Waals surface area contributed by atoms with Crippen LogP contribution in [0.15, 0.2) is 6.07 Å². The van der Waals surface area contributed by atoms with Gasteiger partial charge < -0.3 is 14.6 Å². The molecule has 7 heteroatoms. The maximum atomic E-state index is 12.7. The van der Waals surface area contributed by atoms with Crippen LogP contribution < -0.4 is 0 Å². The van der Waals surface area contributed by atoms with Crippen LogP contribution in [-0.2, 0) is 7.05 Å². The van der Waals surface area contributed by atoms with Gasteiger partial charge in [0.15, 0.2) is 0 Å². The Labute approximate surface area is 135 Å². The Morgan fingerprint density at radius 1 is 1.52 bits per heavy atom. The van der Waals surface area contributed by atoms with Crippen LogP contribution >= 0.6 is 23.2 Å². The van der Waals surface area contributed by atoms with Crippen molar-refractivity contribution in [3.05, 3.63) is 21.9 Å². The summed E-state index contributed by atoms with van der Waals surface area (Å²) in [6.45, 7) is 5.12. The van der Waals surface area contributed by atoms with Crippen LogP contribution in [0.4, 0.5) is 0 Å².